The number of allylic oxidation sites excluding steroid dienone is 6. The van der Waals surface area contributed by atoms with Crippen molar-refractivity contribution in [1.29, 1.82) is 0 Å². The van der Waals surface area contributed by atoms with Crippen LogP contribution in [0.25, 0.3) is 0 Å². The Balaban J connectivity index is 2.92. The maximum Gasteiger partial charge on any atom is 0.416 e. The molecule has 9 heteroatoms. The second kappa shape index (κ2) is 10.1. The third kappa shape index (κ3) is 8.33. The summed E-state index contributed by atoms with van der Waals surface area (Å²) in [6.45, 7) is 0. The average molecular weight is 402 g/mol. The number of carbonyl (C=O) groups excluding carboxylic acids is 1. The van der Waals surface area contributed by atoms with Crippen LogP contribution in [0.5, 0.6) is 0 Å². The van der Waals surface area contributed by atoms with Crippen LogP contribution in [-0.2, 0) is 9.53 Å². The van der Waals surface area contributed by atoms with Gasteiger partial charge in [0.25, 0.3) is 0 Å². The molecule has 148 valence electrons. The highest BCUT2D eigenvalue weighted by Crippen LogP contribution is 2.35. The first-order valence-electron chi connectivity index (χ1n) is 7.91. The fourth-order valence-corrected chi connectivity index (χ4v) is 3.51. The van der Waals surface area contributed by atoms with Crippen molar-refractivity contribution >= 4 is 17.7 Å². The van der Waals surface area contributed by atoms with Crippen molar-refractivity contribution in [2.45, 2.75) is 49.7 Å². The topological polar surface area (TPSA) is 26.3 Å². The number of ether oxygens (including phenoxy) is 1. The molecule has 1 aliphatic carbocycles. The number of halogens is 6. The normalized spacial score (nSPS) is 21.0. The Hall–Kier alpha value is -1.38. The minimum atomic E-state index is -4.57. The lowest BCUT2D eigenvalue weighted by Crippen LogP contribution is -2.22. The summed E-state index contributed by atoms with van der Waals surface area (Å²) in [6, 6.07) is 0. The van der Waals surface area contributed by atoms with Crippen molar-refractivity contribution < 1.29 is 35.9 Å². The second-order valence-corrected chi connectivity index (χ2v) is 6.94. The first-order chi connectivity index (χ1) is 12.0. The molecule has 0 N–H and O–H groups in total. The molecule has 1 aliphatic rings. The summed E-state index contributed by atoms with van der Waals surface area (Å²) in [4.78, 5) is 11.9. The van der Waals surface area contributed by atoms with Crippen LogP contribution >= 0.6 is 11.8 Å². The number of hydrogen-bond donors (Lipinski definition) is 0. The minimum absolute atomic E-state index is 0.000410. The lowest BCUT2D eigenvalue weighted by molar-refractivity contribution is -0.140. The molecule has 0 aliphatic heterocycles. The lowest BCUT2D eigenvalue weighted by atomic mass is 9.97. The van der Waals surface area contributed by atoms with E-state index in [-0.39, 0.29) is 30.6 Å². The molecule has 0 heterocycles. The van der Waals surface area contributed by atoms with Crippen molar-refractivity contribution in [3.63, 3.8) is 0 Å². The van der Waals surface area contributed by atoms with E-state index in [1.54, 1.807) is 12.2 Å². The van der Waals surface area contributed by atoms with E-state index in [1.807, 2.05) is 0 Å². The molecule has 0 radical (unpaired) electrons. The van der Waals surface area contributed by atoms with Crippen LogP contribution < -0.4 is 0 Å². The Morgan fingerprint density at radius 3 is 2.46 bits per heavy atom. The van der Waals surface area contributed by atoms with Crippen molar-refractivity contribution in [2.75, 3.05) is 12.9 Å². The molecule has 0 aromatic heterocycles. The highest BCUT2D eigenvalue weighted by atomic mass is 32.2. The molecule has 0 fully saturated rings. The zero-order valence-electron chi connectivity index (χ0n) is 14.1. The van der Waals surface area contributed by atoms with Crippen LogP contribution in [0.15, 0.2) is 35.5 Å². The Bertz CT molecular complexity index is 561. The van der Waals surface area contributed by atoms with E-state index in [0.717, 1.165) is 24.9 Å². The third-order valence-corrected chi connectivity index (χ3v) is 4.88. The van der Waals surface area contributed by atoms with Gasteiger partial charge in [0.15, 0.2) is 0 Å². The zero-order valence-corrected chi connectivity index (χ0v) is 14.9. The van der Waals surface area contributed by atoms with Crippen LogP contribution in [0.3, 0.4) is 0 Å². The van der Waals surface area contributed by atoms with E-state index in [9.17, 15) is 31.1 Å². The van der Waals surface area contributed by atoms with Crippen LogP contribution in [0.2, 0.25) is 0 Å². The lowest BCUT2D eigenvalue weighted by Gasteiger charge is -2.20. The van der Waals surface area contributed by atoms with Gasteiger partial charge in [0.05, 0.1) is 12.7 Å². The third-order valence-electron chi connectivity index (χ3n) is 3.59. The Morgan fingerprint density at radius 1 is 1.19 bits per heavy atom. The van der Waals surface area contributed by atoms with Gasteiger partial charge in [-0.1, -0.05) is 29.9 Å². The smallest absolute Gasteiger partial charge is 0.416 e. The van der Waals surface area contributed by atoms with Gasteiger partial charge in [-0.05, 0) is 31.4 Å². The van der Waals surface area contributed by atoms with E-state index in [4.69, 9.17) is 0 Å². The van der Waals surface area contributed by atoms with Gasteiger partial charge in [0.2, 0.25) is 0 Å². The molecule has 0 amide bonds. The number of carbonyl (C=O) groups is 1. The number of methoxy groups -OCH3 is 1. The predicted octanol–water partition coefficient (Wildman–Crippen LogP) is 5.76. The van der Waals surface area contributed by atoms with Crippen molar-refractivity contribution in [3.05, 3.63) is 35.5 Å². The first kappa shape index (κ1) is 22.7. The molecular weight excluding hydrogens is 382 g/mol. The molecule has 2 nitrogen and oxygen atoms in total. The van der Waals surface area contributed by atoms with Gasteiger partial charge >= 0.3 is 18.3 Å². The van der Waals surface area contributed by atoms with Gasteiger partial charge in [-0.25, -0.2) is 0 Å². The van der Waals surface area contributed by atoms with Crippen LogP contribution in [0.4, 0.5) is 26.3 Å². The van der Waals surface area contributed by atoms with Gasteiger partial charge < -0.3 is 4.74 Å². The summed E-state index contributed by atoms with van der Waals surface area (Å²) in [5.74, 6) is -0.745. The Labute approximate surface area is 152 Å². The Kier molecular flexibility index (Phi) is 8.79. The molecule has 0 saturated heterocycles. The highest BCUT2D eigenvalue weighted by Gasteiger charge is 2.35. The van der Waals surface area contributed by atoms with Crippen molar-refractivity contribution in [2.24, 2.45) is 0 Å². The summed E-state index contributed by atoms with van der Waals surface area (Å²) in [5, 5.41) is -0.984. The molecule has 0 saturated carbocycles. The summed E-state index contributed by atoms with van der Waals surface area (Å²) in [7, 11) is 1.10. The molecule has 0 spiro atoms. The van der Waals surface area contributed by atoms with E-state index in [0.29, 0.717) is 6.42 Å². The van der Waals surface area contributed by atoms with Gasteiger partial charge in [-0.2, -0.15) is 26.3 Å². The van der Waals surface area contributed by atoms with Gasteiger partial charge in [0.1, 0.15) is 5.25 Å². The van der Waals surface area contributed by atoms with Crippen LogP contribution in [0.1, 0.15) is 32.1 Å². The molecular formula is C17H20F6O2S. The predicted molar refractivity (Wildman–Crippen MR) is 88.8 cm³/mol. The van der Waals surface area contributed by atoms with Crippen LogP contribution in [0, 0.1) is 0 Å². The zero-order chi connectivity index (χ0) is 19.8. The van der Waals surface area contributed by atoms with E-state index < -0.39 is 35.6 Å². The fourth-order valence-electron chi connectivity index (χ4n) is 2.37. The summed E-state index contributed by atoms with van der Waals surface area (Å²) in [6.07, 6.45) is -4.25. The molecule has 1 rings (SSSR count). The number of alkyl halides is 6. The molecule has 0 aromatic rings. The number of rotatable bonds is 7. The average Bonchev–Trinajstić information content (AvgIpc) is 2.49. The summed E-state index contributed by atoms with van der Waals surface area (Å²) in [5.41, 5.74) is -0.796. The number of thioether (sulfide) groups is 1. The van der Waals surface area contributed by atoms with Crippen molar-refractivity contribution in [3.8, 4) is 0 Å². The SMILES string of the molecule is COC(=O)C(C/C1=C(C(F)(F)F)/C=C\CC=CC1)SCCCC(F)(F)F. The number of esters is 1. The molecule has 0 bridgehead atoms. The largest absolute Gasteiger partial charge is 0.468 e. The summed E-state index contributed by atoms with van der Waals surface area (Å²) >= 11 is 0.889. The van der Waals surface area contributed by atoms with Gasteiger partial charge in [0, 0.05) is 6.42 Å². The highest BCUT2D eigenvalue weighted by molar-refractivity contribution is 8.00. The van der Waals surface area contributed by atoms with E-state index in [2.05, 4.69) is 4.74 Å². The molecule has 0 aromatic carbocycles. The van der Waals surface area contributed by atoms with E-state index >= 15 is 0 Å². The molecule has 26 heavy (non-hydrogen) atoms. The quantitative estimate of drug-likeness (QED) is 0.234. The first-order valence-corrected chi connectivity index (χ1v) is 8.96. The minimum Gasteiger partial charge on any atom is -0.468 e. The second-order valence-electron chi connectivity index (χ2n) is 5.63. The molecule has 1 atom stereocenters. The standard InChI is InChI=1S/C17H20F6O2S/c1-25-15(24)14(26-10-6-9-16(18,19)20)11-12-7-4-2-3-5-8-13(12)17(21,22)23/h2,4-5,8,14H,3,6-7,9-11H2,1H3/b4-2?,8-5-,13-12-. The maximum atomic E-state index is 13.3. The number of hydrogen-bond acceptors (Lipinski definition) is 3. The fraction of sp³-hybridized carbons (Fsp3) is 0.588. The van der Waals surface area contributed by atoms with Crippen molar-refractivity contribution in [1.82, 2.24) is 0 Å². The van der Waals surface area contributed by atoms with Gasteiger partial charge in [-0.3, -0.25) is 4.79 Å². The summed E-state index contributed by atoms with van der Waals surface area (Å²) < 4.78 is 81.1. The van der Waals surface area contributed by atoms with Gasteiger partial charge in [-0.15, -0.1) is 11.8 Å². The van der Waals surface area contributed by atoms with E-state index in [1.165, 1.54) is 6.08 Å². The monoisotopic (exact) mass is 402 g/mol. The Morgan fingerprint density at radius 2 is 1.88 bits per heavy atom. The van der Waals surface area contributed by atoms with Crippen LogP contribution in [-0.4, -0.2) is 36.4 Å². The maximum absolute atomic E-state index is 13.3. The molecule has 1 unspecified atom stereocenters.